The van der Waals surface area contributed by atoms with Crippen LogP contribution in [0.3, 0.4) is 0 Å². The third kappa shape index (κ3) is 2.37. The number of para-hydroxylation sites is 1. The number of likely N-dealkylation sites (tertiary alicyclic amines) is 1. The molecule has 3 heterocycles. The number of carbonyl (C=O) groups is 1. The van der Waals surface area contributed by atoms with Gasteiger partial charge < -0.3 is 14.2 Å². The van der Waals surface area contributed by atoms with Crippen LogP contribution in [0, 0.1) is 5.92 Å². The normalized spacial score (nSPS) is 20.9. The highest BCUT2D eigenvalue weighted by molar-refractivity contribution is 5.74. The van der Waals surface area contributed by atoms with Crippen molar-refractivity contribution >= 4 is 5.91 Å². The highest BCUT2D eigenvalue weighted by atomic mass is 16.5. The van der Waals surface area contributed by atoms with E-state index in [1.54, 1.807) is 6.92 Å². The van der Waals surface area contributed by atoms with E-state index in [0.29, 0.717) is 0 Å². The first-order valence-corrected chi connectivity index (χ1v) is 9.76. The van der Waals surface area contributed by atoms with Gasteiger partial charge in [-0.1, -0.05) is 18.6 Å². The van der Waals surface area contributed by atoms with Gasteiger partial charge in [-0.05, 0) is 30.9 Å². The van der Waals surface area contributed by atoms with Gasteiger partial charge in [0.15, 0.2) is 5.60 Å². The average Bonchev–Trinajstić information content (AvgIpc) is 3.04. The standard InChI is InChI=1S/C21H25N3O2/c1-15(25)23-11-9-21(10-12-23)20-19(17-7-2-3-8-18(17)26-21)22-14-24(20)13-16-5-4-6-16/h2-3,7-8,14,16H,4-6,9-13H2,1H3. The molecule has 0 unspecified atom stereocenters. The van der Waals surface area contributed by atoms with Crippen molar-refractivity contribution in [1.29, 1.82) is 0 Å². The third-order valence-electron chi connectivity index (χ3n) is 6.41. The topological polar surface area (TPSA) is 47.4 Å². The molecule has 26 heavy (non-hydrogen) atoms. The molecule has 1 aliphatic carbocycles. The molecule has 1 amide bonds. The summed E-state index contributed by atoms with van der Waals surface area (Å²) in [5.41, 5.74) is 3.03. The number of benzene rings is 1. The summed E-state index contributed by atoms with van der Waals surface area (Å²) in [6.07, 6.45) is 7.63. The summed E-state index contributed by atoms with van der Waals surface area (Å²) in [4.78, 5) is 18.5. The Morgan fingerprint density at radius 2 is 2.04 bits per heavy atom. The number of carbonyl (C=O) groups excluding carboxylic acids is 1. The summed E-state index contributed by atoms with van der Waals surface area (Å²) < 4.78 is 8.99. The maximum absolute atomic E-state index is 11.8. The third-order valence-corrected chi connectivity index (χ3v) is 6.41. The van der Waals surface area contributed by atoms with Crippen molar-refractivity contribution in [3.05, 3.63) is 36.3 Å². The van der Waals surface area contributed by atoms with Crippen molar-refractivity contribution in [2.75, 3.05) is 13.1 Å². The fourth-order valence-corrected chi connectivity index (χ4v) is 4.68. The van der Waals surface area contributed by atoms with Gasteiger partial charge in [-0.3, -0.25) is 4.79 Å². The number of nitrogens with zero attached hydrogens (tertiary/aromatic N) is 3. The van der Waals surface area contributed by atoms with Crippen LogP contribution in [0.15, 0.2) is 30.6 Å². The molecule has 0 radical (unpaired) electrons. The summed E-state index contributed by atoms with van der Waals surface area (Å²) in [5.74, 6) is 1.84. The zero-order valence-electron chi connectivity index (χ0n) is 15.3. The van der Waals surface area contributed by atoms with Gasteiger partial charge in [-0.15, -0.1) is 0 Å². The zero-order valence-corrected chi connectivity index (χ0v) is 15.3. The first-order chi connectivity index (χ1) is 12.7. The molecule has 2 aliphatic heterocycles. The maximum atomic E-state index is 11.8. The lowest BCUT2D eigenvalue weighted by Crippen LogP contribution is -2.49. The largest absolute Gasteiger partial charge is 0.480 e. The van der Waals surface area contributed by atoms with E-state index in [9.17, 15) is 4.79 Å². The van der Waals surface area contributed by atoms with Crippen LogP contribution in [0.5, 0.6) is 5.75 Å². The molecule has 5 nitrogen and oxygen atoms in total. The number of rotatable bonds is 2. The summed E-state index contributed by atoms with van der Waals surface area (Å²) in [6.45, 7) is 4.17. The number of hydrogen-bond donors (Lipinski definition) is 0. The van der Waals surface area contributed by atoms with Crippen LogP contribution in [0.25, 0.3) is 11.3 Å². The van der Waals surface area contributed by atoms with Gasteiger partial charge in [0.05, 0.1) is 17.7 Å². The van der Waals surface area contributed by atoms with Crippen molar-refractivity contribution in [1.82, 2.24) is 14.5 Å². The number of hydrogen-bond acceptors (Lipinski definition) is 3. The summed E-state index contributed by atoms with van der Waals surface area (Å²) >= 11 is 0. The fourth-order valence-electron chi connectivity index (χ4n) is 4.68. The minimum Gasteiger partial charge on any atom is -0.480 e. The van der Waals surface area contributed by atoms with Crippen LogP contribution in [0.4, 0.5) is 0 Å². The van der Waals surface area contributed by atoms with Crippen LogP contribution < -0.4 is 4.74 Å². The van der Waals surface area contributed by atoms with Crippen molar-refractivity contribution in [3.8, 4) is 17.0 Å². The SMILES string of the molecule is CC(=O)N1CCC2(CC1)Oc1ccccc1-c1ncn(CC3CCC3)c12. The molecule has 5 rings (SSSR count). The lowest BCUT2D eigenvalue weighted by molar-refractivity contribution is -0.132. The van der Waals surface area contributed by atoms with Gasteiger partial charge in [0.2, 0.25) is 5.91 Å². The van der Waals surface area contributed by atoms with E-state index in [1.165, 1.54) is 25.0 Å². The number of ether oxygens (including phenoxy) is 1. The van der Waals surface area contributed by atoms with E-state index in [2.05, 4.69) is 10.6 Å². The molecule has 5 heteroatoms. The van der Waals surface area contributed by atoms with E-state index in [-0.39, 0.29) is 11.5 Å². The second-order valence-corrected chi connectivity index (χ2v) is 7.99. The van der Waals surface area contributed by atoms with Crippen LogP contribution in [-0.2, 0) is 16.9 Å². The molecular formula is C21H25N3O2. The fraction of sp³-hybridized carbons (Fsp3) is 0.524. The summed E-state index contributed by atoms with van der Waals surface area (Å²) in [7, 11) is 0. The lowest BCUT2D eigenvalue weighted by atomic mass is 9.82. The van der Waals surface area contributed by atoms with E-state index in [0.717, 1.165) is 55.4 Å². The van der Waals surface area contributed by atoms with E-state index in [4.69, 9.17) is 9.72 Å². The number of imidazole rings is 1. The number of amides is 1. The van der Waals surface area contributed by atoms with Crippen molar-refractivity contribution in [2.45, 2.75) is 51.2 Å². The Bertz CT molecular complexity index is 845. The first-order valence-electron chi connectivity index (χ1n) is 9.76. The van der Waals surface area contributed by atoms with Crippen LogP contribution in [-0.4, -0.2) is 33.4 Å². The molecule has 2 fully saturated rings. The van der Waals surface area contributed by atoms with Gasteiger partial charge in [0.25, 0.3) is 0 Å². The molecule has 1 saturated carbocycles. The highest BCUT2D eigenvalue weighted by Crippen LogP contribution is 2.49. The predicted octanol–water partition coefficient (Wildman–Crippen LogP) is 3.58. The van der Waals surface area contributed by atoms with Crippen LogP contribution in [0.2, 0.25) is 0 Å². The zero-order chi connectivity index (χ0) is 17.7. The minimum absolute atomic E-state index is 0.152. The Kier molecular flexibility index (Phi) is 3.59. The second kappa shape index (κ2) is 5.86. The number of aromatic nitrogens is 2. The van der Waals surface area contributed by atoms with Crippen molar-refractivity contribution < 1.29 is 9.53 Å². The Labute approximate surface area is 154 Å². The Hall–Kier alpha value is -2.30. The van der Waals surface area contributed by atoms with Gasteiger partial charge in [0.1, 0.15) is 5.75 Å². The molecule has 0 atom stereocenters. The number of fused-ring (bicyclic) bond motifs is 4. The molecule has 1 spiro atoms. The quantitative estimate of drug-likeness (QED) is 0.831. The average molecular weight is 351 g/mol. The van der Waals surface area contributed by atoms with Gasteiger partial charge in [-0.2, -0.15) is 0 Å². The molecule has 136 valence electrons. The molecule has 3 aliphatic rings. The van der Waals surface area contributed by atoms with Gasteiger partial charge in [-0.25, -0.2) is 4.98 Å². The monoisotopic (exact) mass is 351 g/mol. The molecular weight excluding hydrogens is 326 g/mol. The molecule has 1 aromatic heterocycles. The van der Waals surface area contributed by atoms with Crippen molar-refractivity contribution in [2.24, 2.45) is 5.92 Å². The second-order valence-electron chi connectivity index (χ2n) is 7.99. The van der Waals surface area contributed by atoms with Gasteiger partial charge >= 0.3 is 0 Å². The van der Waals surface area contributed by atoms with Crippen LogP contribution in [0.1, 0.15) is 44.7 Å². The molecule has 1 saturated heterocycles. The van der Waals surface area contributed by atoms with E-state index < -0.39 is 0 Å². The molecule has 2 aromatic rings. The Morgan fingerprint density at radius 3 is 2.73 bits per heavy atom. The van der Waals surface area contributed by atoms with Crippen molar-refractivity contribution in [3.63, 3.8) is 0 Å². The van der Waals surface area contributed by atoms with E-state index >= 15 is 0 Å². The Morgan fingerprint density at radius 1 is 1.27 bits per heavy atom. The smallest absolute Gasteiger partial charge is 0.219 e. The first kappa shape index (κ1) is 15.9. The summed E-state index contributed by atoms with van der Waals surface area (Å²) in [6, 6.07) is 8.22. The highest BCUT2D eigenvalue weighted by Gasteiger charge is 2.47. The van der Waals surface area contributed by atoms with E-state index in [1.807, 2.05) is 29.4 Å². The molecule has 0 bridgehead atoms. The molecule has 1 aromatic carbocycles. The molecule has 0 N–H and O–H groups in total. The van der Waals surface area contributed by atoms with Crippen LogP contribution >= 0.6 is 0 Å². The predicted molar refractivity (Wildman–Crippen MR) is 98.8 cm³/mol. The summed E-state index contributed by atoms with van der Waals surface area (Å²) in [5, 5.41) is 0. The maximum Gasteiger partial charge on any atom is 0.219 e. The minimum atomic E-state index is -0.365. The number of piperidine rings is 1. The van der Waals surface area contributed by atoms with Gasteiger partial charge in [0, 0.05) is 45.0 Å². The Balaban J connectivity index is 1.57. The lowest BCUT2D eigenvalue weighted by Gasteiger charge is -2.45.